The normalized spacial score (nSPS) is 19.0. The Morgan fingerprint density at radius 3 is 2.32 bits per heavy atom. The van der Waals surface area contributed by atoms with Crippen LogP contribution in [0.4, 0.5) is 0 Å². The summed E-state index contributed by atoms with van der Waals surface area (Å²) >= 11 is 3.50. The van der Waals surface area contributed by atoms with Gasteiger partial charge in [0, 0.05) is 23.9 Å². The highest BCUT2D eigenvalue weighted by Crippen LogP contribution is 2.43. The molecule has 22 heavy (non-hydrogen) atoms. The first-order chi connectivity index (χ1) is 10.4. The van der Waals surface area contributed by atoms with Gasteiger partial charge in [-0.1, -0.05) is 34.5 Å². The summed E-state index contributed by atoms with van der Waals surface area (Å²) in [4.78, 5) is 13.9. The predicted octanol–water partition coefficient (Wildman–Crippen LogP) is 4.36. The minimum Gasteiger partial charge on any atom is -0.459 e. The molecule has 1 atom stereocenters. The maximum atomic E-state index is 11.7. The van der Waals surface area contributed by atoms with E-state index in [-0.39, 0.29) is 17.5 Å². The Morgan fingerprint density at radius 2 is 1.82 bits per heavy atom. The molecule has 0 amide bonds. The van der Waals surface area contributed by atoms with Crippen LogP contribution in [0.15, 0.2) is 28.7 Å². The van der Waals surface area contributed by atoms with E-state index in [2.05, 4.69) is 59.2 Å². The summed E-state index contributed by atoms with van der Waals surface area (Å²) in [5.74, 6) is 0.0440. The van der Waals surface area contributed by atoms with E-state index < -0.39 is 0 Å². The molecule has 0 saturated heterocycles. The van der Waals surface area contributed by atoms with Gasteiger partial charge in [-0.25, -0.2) is 0 Å². The van der Waals surface area contributed by atoms with Crippen molar-refractivity contribution in [3.63, 3.8) is 0 Å². The molecule has 0 spiro atoms. The molecule has 1 aromatic carbocycles. The van der Waals surface area contributed by atoms with Crippen LogP contribution in [0.1, 0.15) is 50.5 Å². The maximum Gasteiger partial charge on any atom is 0.303 e. The van der Waals surface area contributed by atoms with E-state index in [1.54, 1.807) is 0 Å². The van der Waals surface area contributed by atoms with Crippen LogP contribution >= 0.6 is 15.9 Å². The van der Waals surface area contributed by atoms with E-state index in [4.69, 9.17) is 4.74 Å². The number of rotatable bonds is 5. The molecule has 0 heterocycles. The van der Waals surface area contributed by atoms with Gasteiger partial charge >= 0.3 is 5.97 Å². The maximum absolute atomic E-state index is 11.7. The fourth-order valence-electron chi connectivity index (χ4n) is 3.59. The number of carbonyl (C=O) groups is 1. The number of hydrogen-bond acceptors (Lipinski definition) is 3. The zero-order valence-electron chi connectivity index (χ0n) is 13.8. The number of halogens is 1. The smallest absolute Gasteiger partial charge is 0.303 e. The highest BCUT2D eigenvalue weighted by Gasteiger charge is 2.43. The second kappa shape index (κ2) is 7.60. The molecule has 4 heteroatoms. The van der Waals surface area contributed by atoms with Crippen molar-refractivity contribution in [3.8, 4) is 0 Å². The minimum absolute atomic E-state index is 0.164. The summed E-state index contributed by atoms with van der Waals surface area (Å²) in [6.07, 6.45) is 5.42. The van der Waals surface area contributed by atoms with Crippen molar-refractivity contribution in [2.24, 2.45) is 0 Å². The molecule has 0 bridgehead atoms. The highest BCUT2D eigenvalue weighted by molar-refractivity contribution is 9.10. The van der Waals surface area contributed by atoms with Gasteiger partial charge in [-0.15, -0.1) is 0 Å². The molecule has 1 aromatic rings. The third-order valence-corrected chi connectivity index (χ3v) is 5.03. The summed E-state index contributed by atoms with van der Waals surface area (Å²) < 4.78 is 7.02. The van der Waals surface area contributed by atoms with Crippen molar-refractivity contribution in [2.45, 2.75) is 50.5 Å². The van der Waals surface area contributed by atoms with Crippen molar-refractivity contribution in [2.75, 3.05) is 20.6 Å². The first-order valence-electron chi connectivity index (χ1n) is 8.03. The van der Waals surface area contributed by atoms with Gasteiger partial charge < -0.3 is 9.64 Å². The van der Waals surface area contributed by atoms with E-state index in [9.17, 15) is 4.79 Å². The van der Waals surface area contributed by atoms with Crippen LogP contribution < -0.4 is 0 Å². The molecule has 1 saturated carbocycles. The fraction of sp³-hybridized carbons (Fsp3) is 0.611. The molecular formula is C18H26BrNO2. The lowest BCUT2D eigenvalue weighted by atomic mass is 9.72. The highest BCUT2D eigenvalue weighted by atomic mass is 79.9. The first kappa shape index (κ1) is 17.5. The average Bonchev–Trinajstić information content (AvgIpc) is 2.46. The standard InChI is InChI=1S/C18H26BrNO2/c1-14(21)22-18(11-5-4-6-12-18)17(13-20(2)3)15-7-9-16(19)10-8-15/h7-10,17H,4-6,11-13H2,1-3H3. The third-order valence-electron chi connectivity index (χ3n) is 4.50. The Bertz CT molecular complexity index is 492. The number of benzene rings is 1. The number of esters is 1. The molecular weight excluding hydrogens is 342 g/mol. The molecule has 1 fully saturated rings. The van der Waals surface area contributed by atoms with Gasteiger partial charge in [0.15, 0.2) is 0 Å². The van der Waals surface area contributed by atoms with Crippen LogP contribution in [0.2, 0.25) is 0 Å². The van der Waals surface area contributed by atoms with Gasteiger partial charge in [0.1, 0.15) is 5.60 Å². The van der Waals surface area contributed by atoms with Gasteiger partial charge in [-0.05, 0) is 57.5 Å². The van der Waals surface area contributed by atoms with Crippen LogP contribution in [0.3, 0.4) is 0 Å². The molecule has 0 N–H and O–H groups in total. The topological polar surface area (TPSA) is 29.5 Å². The second-order valence-electron chi connectivity index (χ2n) is 6.59. The lowest BCUT2D eigenvalue weighted by Crippen LogP contribution is -2.46. The largest absolute Gasteiger partial charge is 0.459 e. The zero-order chi connectivity index (χ0) is 16.2. The van der Waals surface area contributed by atoms with Crippen LogP contribution in [-0.4, -0.2) is 37.1 Å². The van der Waals surface area contributed by atoms with Crippen LogP contribution in [0.5, 0.6) is 0 Å². The van der Waals surface area contributed by atoms with E-state index >= 15 is 0 Å². The minimum atomic E-state index is -0.359. The van der Waals surface area contributed by atoms with Crippen molar-refractivity contribution in [1.29, 1.82) is 0 Å². The summed E-state index contributed by atoms with van der Waals surface area (Å²) in [6.45, 7) is 2.42. The number of ether oxygens (including phenoxy) is 1. The number of hydrogen-bond donors (Lipinski definition) is 0. The first-order valence-corrected chi connectivity index (χ1v) is 8.82. The molecule has 0 radical (unpaired) electrons. The Kier molecular flexibility index (Phi) is 6.04. The average molecular weight is 368 g/mol. The second-order valence-corrected chi connectivity index (χ2v) is 7.50. The van der Waals surface area contributed by atoms with E-state index in [1.165, 1.54) is 18.9 Å². The van der Waals surface area contributed by atoms with Crippen molar-refractivity contribution < 1.29 is 9.53 Å². The third kappa shape index (κ3) is 4.32. The Balaban J connectivity index is 2.38. The van der Waals surface area contributed by atoms with Crippen molar-refractivity contribution in [1.82, 2.24) is 4.90 Å². The lowest BCUT2D eigenvalue weighted by molar-refractivity contribution is -0.164. The lowest BCUT2D eigenvalue weighted by Gasteiger charge is -2.44. The Morgan fingerprint density at radius 1 is 1.23 bits per heavy atom. The number of likely N-dealkylation sites (N-methyl/N-ethyl adjacent to an activating group) is 1. The van der Waals surface area contributed by atoms with E-state index in [1.807, 2.05) is 0 Å². The van der Waals surface area contributed by atoms with Gasteiger partial charge in [0.25, 0.3) is 0 Å². The molecule has 1 aliphatic rings. The van der Waals surface area contributed by atoms with Crippen LogP contribution in [-0.2, 0) is 9.53 Å². The quantitative estimate of drug-likeness (QED) is 0.724. The molecule has 2 rings (SSSR count). The molecule has 3 nitrogen and oxygen atoms in total. The summed E-state index contributed by atoms with van der Waals surface area (Å²) in [5, 5.41) is 0. The molecule has 1 unspecified atom stereocenters. The molecule has 0 aliphatic heterocycles. The van der Waals surface area contributed by atoms with Gasteiger partial charge in [-0.2, -0.15) is 0 Å². The summed E-state index contributed by atoms with van der Waals surface area (Å²) in [7, 11) is 4.16. The zero-order valence-corrected chi connectivity index (χ0v) is 15.4. The van der Waals surface area contributed by atoms with Crippen LogP contribution in [0, 0.1) is 0 Å². The SMILES string of the molecule is CC(=O)OC1(C(CN(C)C)c2ccc(Br)cc2)CCCCC1. The number of carbonyl (C=O) groups excluding carboxylic acids is 1. The monoisotopic (exact) mass is 367 g/mol. The van der Waals surface area contributed by atoms with E-state index in [0.717, 1.165) is 36.7 Å². The summed E-state index contributed by atoms with van der Waals surface area (Å²) in [5.41, 5.74) is 0.891. The molecule has 0 aromatic heterocycles. The summed E-state index contributed by atoms with van der Waals surface area (Å²) in [6, 6.07) is 8.45. The van der Waals surface area contributed by atoms with Crippen molar-refractivity contribution >= 4 is 21.9 Å². The van der Waals surface area contributed by atoms with Gasteiger partial charge in [0.2, 0.25) is 0 Å². The number of nitrogens with zero attached hydrogens (tertiary/aromatic N) is 1. The predicted molar refractivity (Wildman–Crippen MR) is 93.0 cm³/mol. The molecule has 1 aliphatic carbocycles. The fourth-order valence-corrected chi connectivity index (χ4v) is 3.86. The van der Waals surface area contributed by atoms with E-state index in [0.29, 0.717) is 0 Å². The van der Waals surface area contributed by atoms with Gasteiger partial charge in [0.05, 0.1) is 0 Å². The van der Waals surface area contributed by atoms with Crippen LogP contribution in [0.25, 0.3) is 0 Å². The Hall–Kier alpha value is -0.870. The molecule has 122 valence electrons. The van der Waals surface area contributed by atoms with Gasteiger partial charge in [-0.3, -0.25) is 4.79 Å². The van der Waals surface area contributed by atoms with Crippen molar-refractivity contribution in [3.05, 3.63) is 34.3 Å². The Labute approximate surface area is 142 Å².